The van der Waals surface area contributed by atoms with E-state index in [1.165, 1.54) is 24.4 Å². The van der Waals surface area contributed by atoms with E-state index in [1.54, 1.807) is 23.1 Å². The number of nitrogens with one attached hydrogen (secondary N) is 7. The number of unbranched alkanes of at least 4 members (excludes halogenated alkanes) is 2. The van der Waals surface area contributed by atoms with Crippen molar-refractivity contribution in [2.45, 2.75) is 76.3 Å². The molecule has 328 valence electrons. The van der Waals surface area contributed by atoms with E-state index in [9.17, 15) is 43.2 Å². The number of hydrogen-bond acceptors (Lipinski definition) is 11. The zero-order chi connectivity index (χ0) is 44.3. The smallest absolute Gasteiger partial charge is 0.271 e. The Hall–Kier alpha value is -6.34. The number of aromatic nitrogens is 2. The van der Waals surface area contributed by atoms with Gasteiger partial charge >= 0.3 is 0 Å². The molecule has 19 nitrogen and oxygen atoms in total. The summed E-state index contributed by atoms with van der Waals surface area (Å²) in [4.78, 5) is 116. The molecule has 1 unspecified atom stereocenters. The lowest BCUT2D eigenvalue weighted by atomic mass is 10.0. The van der Waals surface area contributed by atoms with Crippen molar-refractivity contribution in [3.8, 4) is 0 Å². The van der Waals surface area contributed by atoms with Crippen LogP contribution in [-0.4, -0.2) is 118 Å². The predicted molar refractivity (Wildman–Crippen MR) is 225 cm³/mol. The predicted octanol–water partition coefficient (Wildman–Crippen LogP) is 2.78. The molecule has 1 aromatic heterocycles. The van der Waals surface area contributed by atoms with Crippen LogP contribution in [0.2, 0.25) is 10.0 Å². The highest BCUT2D eigenvalue weighted by molar-refractivity contribution is 6.40. The van der Waals surface area contributed by atoms with Crippen molar-refractivity contribution in [3.63, 3.8) is 0 Å². The standard InChI is InChI=1S/C41H46Cl2N10O9/c42-25-8-6-9-26(43)35(25)38(59)49-28-21-47-51-36(28)39(60)48-23-15-19-52(20-16-23)33(57)12-2-4-17-44-30(54)11-1-3-18-45-32(56)22-46-27-10-5-7-24-34(27)41(62)53(40(24)61)29-13-14-31(55)50-37(29)58/h5-10,21,23,29,46H,1-4,11-20,22H2,(H,44,54)(H,45,56)(H,47,51)(H,48,60)(H,49,59)(H,50,55,58). The number of benzene rings is 2. The van der Waals surface area contributed by atoms with Crippen LogP contribution in [0.5, 0.6) is 0 Å². The van der Waals surface area contributed by atoms with Crippen molar-refractivity contribution in [2.75, 3.05) is 43.4 Å². The minimum atomic E-state index is -1.10. The van der Waals surface area contributed by atoms with Crippen LogP contribution in [0.1, 0.15) is 106 Å². The Bertz CT molecular complexity index is 2240. The second-order valence-corrected chi connectivity index (χ2v) is 15.8. The first-order chi connectivity index (χ1) is 29.8. The topological polar surface area (TPSA) is 261 Å². The summed E-state index contributed by atoms with van der Waals surface area (Å²) in [6, 6.07) is 7.99. The molecule has 4 heterocycles. The normalized spacial score (nSPS) is 16.4. The average molecular weight is 894 g/mol. The van der Waals surface area contributed by atoms with Crippen LogP contribution in [-0.2, 0) is 24.0 Å². The minimum Gasteiger partial charge on any atom is -0.375 e. The van der Waals surface area contributed by atoms with Gasteiger partial charge in [0.25, 0.3) is 23.6 Å². The SMILES string of the molecule is O=C(CCCCNC(=O)CNc1cccc2c1C(=O)N(C1CCC(=O)NC1=O)C2=O)NCCCCC(=O)N1CCC(NC(=O)c2[nH]ncc2NC(=O)c2c(Cl)cccc2Cl)CC1. The molecule has 2 saturated heterocycles. The summed E-state index contributed by atoms with van der Waals surface area (Å²) < 4.78 is 0. The van der Waals surface area contributed by atoms with Gasteiger partial charge in [-0.05, 0) is 69.2 Å². The van der Waals surface area contributed by atoms with E-state index in [0.29, 0.717) is 71.1 Å². The van der Waals surface area contributed by atoms with E-state index in [0.717, 1.165) is 4.90 Å². The molecule has 62 heavy (non-hydrogen) atoms. The van der Waals surface area contributed by atoms with Gasteiger partial charge in [-0.1, -0.05) is 35.3 Å². The first kappa shape index (κ1) is 45.2. The van der Waals surface area contributed by atoms with Crippen LogP contribution in [0.25, 0.3) is 0 Å². The number of halogens is 2. The maximum Gasteiger partial charge on any atom is 0.271 e. The third-order valence-corrected chi connectivity index (χ3v) is 11.3. The molecular weight excluding hydrogens is 847 g/mol. The van der Waals surface area contributed by atoms with Gasteiger partial charge in [-0.15, -0.1) is 0 Å². The molecule has 2 aromatic carbocycles. The number of H-pyrrole nitrogens is 1. The van der Waals surface area contributed by atoms with E-state index >= 15 is 0 Å². The Kier molecular flexibility index (Phi) is 15.3. The molecule has 0 aliphatic carbocycles. The summed E-state index contributed by atoms with van der Waals surface area (Å²) in [5, 5.41) is 23.1. The van der Waals surface area contributed by atoms with Crippen LogP contribution in [0.4, 0.5) is 11.4 Å². The minimum absolute atomic E-state index is 0.00263. The first-order valence-corrected chi connectivity index (χ1v) is 21.1. The van der Waals surface area contributed by atoms with Gasteiger partial charge < -0.3 is 31.5 Å². The van der Waals surface area contributed by atoms with Crippen molar-refractivity contribution in [1.29, 1.82) is 0 Å². The molecule has 0 spiro atoms. The van der Waals surface area contributed by atoms with Crippen LogP contribution in [0, 0.1) is 0 Å². The Morgan fingerprint density at radius 3 is 2.16 bits per heavy atom. The van der Waals surface area contributed by atoms with E-state index in [1.807, 2.05) is 0 Å². The molecule has 6 rings (SSSR count). The van der Waals surface area contributed by atoms with E-state index in [-0.39, 0.29) is 93.4 Å². The Labute approximate surface area is 365 Å². The largest absolute Gasteiger partial charge is 0.375 e. The van der Waals surface area contributed by atoms with Gasteiger partial charge in [0.05, 0.1) is 45.2 Å². The fourth-order valence-electron chi connectivity index (χ4n) is 7.40. The maximum atomic E-state index is 13.2. The van der Waals surface area contributed by atoms with Gasteiger partial charge in [0.2, 0.25) is 29.5 Å². The quantitative estimate of drug-likeness (QED) is 0.0722. The number of carbonyl (C=O) groups is 9. The van der Waals surface area contributed by atoms with Crippen LogP contribution < -0.4 is 31.9 Å². The fraction of sp³-hybridized carbons (Fsp3) is 0.415. The van der Waals surface area contributed by atoms with Gasteiger partial charge in [-0.2, -0.15) is 5.10 Å². The zero-order valence-corrected chi connectivity index (χ0v) is 35.1. The highest BCUT2D eigenvalue weighted by Gasteiger charge is 2.45. The molecule has 3 aliphatic rings. The number of nitrogens with zero attached hydrogens (tertiary/aromatic N) is 3. The number of aromatic amines is 1. The van der Waals surface area contributed by atoms with Crippen molar-refractivity contribution < 1.29 is 43.2 Å². The number of imide groups is 2. The number of piperidine rings is 2. The van der Waals surface area contributed by atoms with Crippen molar-refractivity contribution in [1.82, 2.24) is 41.3 Å². The summed E-state index contributed by atoms with van der Waals surface area (Å²) in [5.41, 5.74) is 0.740. The lowest BCUT2D eigenvalue weighted by Gasteiger charge is -2.32. The summed E-state index contributed by atoms with van der Waals surface area (Å²) in [6.45, 7) is 1.50. The number of fused-ring (bicyclic) bond motifs is 1. The third-order valence-electron chi connectivity index (χ3n) is 10.7. The maximum absolute atomic E-state index is 13.2. The van der Waals surface area contributed by atoms with Gasteiger partial charge in [0, 0.05) is 57.2 Å². The summed E-state index contributed by atoms with van der Waals surface area (Å²) >= 11 is 12.3. The lowest BCUT2D eigenvalue weighted by molar-refractivity contribution is -0.136. The van der Waals surface area contributed by atoms with E-state index < -0.39 is 41.5 Å². The first-order valence-electron chi connectivity index (χ1n) is 20.3. The number of likely N-dealkylation sites (tertiary alicyclic amines) is 1. The highest BCUT2D eigenvalue weighted by atomic mass is 35.5. The molecule has 3 aliphatic heterocycles. The number of rotatable bonds is 18. The molecular formula is C41H46Cl2N10O9. The molecule has 0 saturated carbocycles. The number of anilines is 2. The van der Waals surface area contributed by atoms with E-state index in [4.69, 9.17) is 23.2 Å². The monoisotopic (exact) mass is 892 g/mol. The number of carbonyl (C=O) groups excluding carboxylic acids is 9. The molecule has 21 heteroatoms. The zero-order valence-electron chi connectivity index (χ0n) is 33.6. The Morgan fingerprint density at radius 1 is 0.774 bits per heavy atom. The van der Waals surface area contributed by atoms with Gasteiger partial charge in [0.1, 0.15) is 11.7 Å². The number of hydrogen-bond donors (Lipinski definition) is 7. The molecule has 3 aromatic rings. The molecule has 7 N–H and O–H groups in total. The van der Waals surface area contributed by atoms with Crippen LogP contribution >= 0.6 is 23.2 Å². The van der Waals surface area contributed by atoms with Crippen molar-refractivity contribution >= 4 is 87.7 Å². The van der Waals surface area contributed by atoms with Crippen molar-refractivity contribution in [2.24, 2.45) is 0 Å². The van der Waals surface area contributed by atoms with Crippen LogP contribution in [0.15, 0.2) is 42.6 Å². The summed E-state index contributed by atoms with van der Waals surface area (Å²) in [6.07, 6.45) is 5.35. The average Bonchev–Trinajstić information content (AvgIpc) is 3.81. The summed E-state index contributed by atoms with van der Waals surface area (Å²) in [5.74, 6) is -4.03. The van der Waals surface area contributed by atoms with Gasteiger partial charge in [0.15, 0.2) is 0 Å². The third kappa shape index (κ3) is 11.1. The van der Waals surface area contributed by atoms with E-state index in [2.05, 4.69) is 42.1 Å². The molecule has 1 atom stereocenters. The Balaban J connectivity index is 0.797. The molecule has 0 bridgehead atoms. The molecule has 9 amide bonds. The Morgan fingerprint density at radius 2 is 1.45 bits per heavy atom. The molecule has 2 fully saturated rings. The van der Waals surface area contributed by atoms with Crippen molar-refractivity contribution in [3.05, 3.63) is 75.0 Å². The fourth-order valence-corrected chi connectivity index (χ4v) is 7.97. The number of amides is 9. The van der Waals surface area contributed by atoms with Crippen LogP contribution in [0.3, 0.4) is 0 Å². The summed E-state index contributed by atoms with van der Waals surface area (Å²) in [7, 11) is 0. The van der Waals surface area contributed by atoms with Gasteiger partial charge in [-0.25, -0.2) is 0 Å². The second-order valence-electron chi connectivity index (χ2n) is 15.0. The highest BCUT2D eigenvalue weighted by Crippen LogP contribution is 2.32. The molecule has 0 radical (unpaired) electrons. The lowest BCUT2D eigenvalue weighted by Crippen LogP contribution is -2.54. The second kappa shape index (κ2) is 21.0. The van der Waals surface area contributed by atoms with Gasteiger partial charge in [-0.3, -0.25) is 58.5 Å².